The van der Waals surface area contributed by atoms with Crippen molar-refractivity contribution in [1.29, 1.82) is 0 Å². The fourth-order valence-electron chi connectivity index (χ4n) is 2.26. The highest BCUT2D eigenvalue weighted by Gasteiger charge is 2.29. The molecule has 0 amide bonds. The van der Waals surface area contributed by atoms with Gasteiger partial charge in [0, 0.05) is 36.2 Å². The van der Waals surface area contributed by atoms with E-state index in [2.05, 4.69) is 0 Å². The number of hydrogen-bond acceptors (Lipinski definition) is 4. The first-order chi connectivity index (χ1) is 9.36. The van der Waals surface area contributed by atoms with Gasteiger partial charge in [-0.15, -0.1) is 0 Å². The summed E-state index contributed by atoms with van der Waals surface area (Å²) >= 11 is 1.76. The Bertz CT molecular complexity index is 605. The molecule has 1 heterocycles. The fraction of sp³-hybridized carbons (Fsp3) is 0.538. The van der Waals surface area contributed by atoms with E-state index in [0.29, 0.717) is 18.7 Å². The van der Waals surface area contributed by atoms with Gasteiger partial charge in [0.1, 0.15) is 5.82 Å². The van der Waals surface area contributed by atoms with E-state index in [9.17, 15) is 12.8 Å². The van der Waals surface area contributed by atoms with Crippen LogP contribution >= 0.6 is 11.8 Å². The monoisotopic (exact) mass is 318 g/mol. The van der Waals surface area contributed by atoms with Crippen LogP contribution in [0.15, 0.2) is 17.0 Å². The van der Waals surface area contributed by atoms with Crippen molar-refractivity contribution in [3.8, 4) is 0 Å². The van der Waals surface area contributed by atoms with Crippen LogP contribution in [0.25, 0.3) is 0 Å². The molecule has 112 valence electrons. The third-order valence-corrected chi connectivity index (χ3v) is 6.34. The molecule has 4 nitrogen and oxygen atoms in total. The van der Waals surface area contributed by atoms with Crippen molar-refractivity contribution < 1.29 is 12.8 Å². The summed E-state index contributed by atoms with van der Waals surface area (Å²) in [5.41, 5.74) is 6.03. The van der Waals surface area contributed by atoms with Gasteiger partial charge in [0.05, 0.1) is 4.90 Å². The van der Waals surface area contributed by atoms with E-state index < -0.39 is 15.8 Å². The number of hydrogen-bond donors (Lipinski definition) is 1. The minimum atomic E-state index is -3.57. The number of sulfonamides is 1. The maximum Gasteiger partial charge on any atom is 0.243 e. The summed E-state index contributed by atoms with van der Waals surface area (Å²) < 4.78 is 40.5. The lowest BCUT2D eigenvalue weighted by molar-refractivity contribution is 0.424. The number of thioether (sulfide) groups is 1. The quantitative estimate of drug-likeness (QED) is 0.922. The number of aryl methyl sites for hydroxylation is 1. The zero-order valence-corrected chi connectivity index (χ0v) is 13.2. The molecular weight excluding hydrogens is 299 g/mol. The van der Waals surface area contributed by atoms with Gasteiger partial charge in [-0.2, -0.15) is 16.1 Å². The maximum atomic E-state index is 13.8. The number of benzene rings is 1. The van der Waals surface area contributed by atoms with Crippen molar-refractivity contribution in [3.63, 3.8) is 0 Å². The molecule has 1 saturated heterocycles. The van der Waals surface area contributed by atoms with Crippen LogP contribution in [0.2, 0.25) is 0 Å². The van der Waals surface area contributed by atoms with Crippen molar-refractivity contribution in [2.45, 2.75) is 30.5 Å². The second-order valence-corrected chi connectivity index (χ2v) is 8.45. The number of rotatable bonds is 3. The lowest BCUT2D eigenvalue weighted by Gasteiger charge is -2.30. The van der Waals surface area contributed by atoms with Crippen LogP contribution in [-0.4, -0.2) is 36.8 Å². The topological polar surface area (TPSA) is 63.4 Å². The smallest absolute Gasteiger partial charge is 0.243 e. The molecular formula is C13H19FN2O2S2. The first kappa shape index (κ1) is 15.8. The van der Waals surface area contributed by atoms with Gasteiger partial charge in [0.2, 0.25) is 10.0 Å². The Kier molecular flexibility index (Phi) is 4.73. The van der Waals surface area contributed by atoms with E-state index in [1.54, 1.807) is 18.7 Å². The molecule has 0 saturated carbocycles. The molecule has 2 N–H and O–H groups in total. The third kappa shape index (κ3) is 3.00. The van der Waals surface area contributed by atoms with Gasteiger partial charge in [0.25, 0.3) is 0 Å². The normalized spacial score (nSPS) is 21.1. The van der Waals surface area contributed by atoms with Crippen molar-refractivity contribution in [1.82, 2.24) is 4.31 Å². The molecule has 1 aromatic carbocycles. The van der Waals surface area contributed by atoms with Gasteiger partial charge in [0.15, 0.2) is 0 Å². The van der Waals surface area contributed by atoms with E-state index in [-0.39, 0.29) is 22.3 Å². The molecule has 1 aromatic rings. The highest BCUT2D eigenvalue weighted by molar-refractivity contribution is 8.00. The molecule has 0 bridgehead atoms. The summed E-state index contributed by atoms with van der Waals surface area (Å²) in [5.74, 6) is 0.360. The lowest BCUT2D eigenvalue weighted by atomic mass is 10.1. The van der Waals surface area contributed by atoms with Crippen molar-refractivity contribution in [2.24, 2.45) is 5.73 Å². The molecule has 0 spiro atoms. The molecule has 0 radical (unpaired) electrons. The van der Waals surface area contributed by atoms with E-state index in [4.69, 9.17) is 5.73 Å². The zero-order valence-electron chi connectivity index (χ0n) is 11.6. The Morgan fingerprint density at radius 3 is 2.80 bits per heavy atom. The first-order valence-corrected chi connectivity index (χ1v) is 8.96. The van der Waals surface area contributed by atoms with Crippen LogP contribution < -0.4 is 5.73 Å². The van der Waals surface area contributed by atoms with E-state index >= 15 is 0 Å². The second kappa shape index (κ2) is 6.01. The molecule has 0 aliphatic carbocycles. The van der Waals surface area contributed by atoms with Crippen molar-refractivity contribution in [3.05, 3.63) is 29.1 Å². The summed E-state index contributed by atoms with van der Waals surface area (Å²) in [4.78, 5) is 0.135. The van der Waals surface area contributed by atoms with Crippen LogP contribution in [0.5, 0.6) is 0 Å². The number of nitrogens with two attached hydrogens (primary N) is 1. The van der Waals surface area contributed by atoms with Gasteiger partial charge in [-0.1, -0.05) is 6.92 Å². The molecule has 2 rings (SSSR count). The summed E-state index contributed by atoms with van der Waals surface area (Å²) in [6.07, 6.45) is 0. The van der Waals surface area contributed by atoms with Crippen LogP contribution in [0.3, 0.4) is 0 Å². The SMILES string of the molecule is Cc1cc(S(=O)(=O)N2CCSC(C)C2)cc(CN)c1F. The Morgan fingerprint density at radius 1 is 1.50 bits per heavy atom. The van der Waals surface area contributed by atoms with Gasteiger partial charge >= 0.3 is 0 Å². The standard InChI is InChI=1S/C13H19FN2O2S2/c1-9-5-12(6-11(7-15)13(9)14)20(17,18)16-3-4-19-10(2)8-16/h5-6,10H,3-4,7-8,15H2,1-2H3. The van der Waals surface area contributed by atoms with Crippen molar-refractivity contribution in [2.75, 3.05) is 18.8 Å². The molecule has 1 aliphatic heterocycles. The highest BCUT2D eigenvalue weighted by Crippen LogP contribution is 2.26. The molecule has 7 heteroatoms. The summed E-state index contributed by atoms with van der Waals surface area (Å²) in [5, 5.41) is 0.272. The van der Waals surface area contributed by atoms with E-state index in [1.165, 1.54) is 16.4 Å². The van der Waals surface area contributed by atoms with Crippen LogP contribution in [0.1, 0.15) is 18.1 Å². The molecule has 1 aliphatic rings. The van der Waals surface area contributed by atoms with E-state index in [1.807, 2.05) is 6.92 Å². The fourth-order valence-corrected chi connectivity index (χ4v) is 5.15. The largest absolute Gasteiger partial charge is 0.326 e. The van der Waals surface area contributed by atoms with Gasteiger partial charge in [-0.05, 0) is 24.6 Å². The van der Waals surface area contributed by atoms with Crippen LogP contribution in [0.4, 0.5) is 4.39 Å². The summed E-state index contributed by atoms with van der Waals surface area (Å²) in [6, 6.07) is 2.74. The predicted octanol–water partition coefficient (Wildman–Crippen LogP) is 1.72. The summed E-state index contributed by atoms with van der Waals surface area (Å²) in [7, 11) is -3.57. The molecule has 1 atom stereocenters. The van der Waals surface area contributed by atoms with Gasteiger partial charge in [-0.25, -0.2) is 12.8 Å². The predicted molar refractivity (Wildman–Crippen MR) is 79.7 cm³/mol. The minimum absolute atomic E-state index is 0.0116. The first-order valence-electron chi connectivity index (χ1n) is 6.47. The highest BCUT2D eigenvalue weighted by atomic mass is 32.2. The number of halogens is 1. The Labute approximate surface area is 123 Å². The Balaban J connectivity index is 2.41. The van der Waals surface area contributed by atoms with Crippen LogP contribution in [-0.2, 0) is 16.6 Å². The second-order valence-electron chi connectivity index (χ2n) is 4.96. The van der Waals surface area contributed by atoms with Crippen LogP contribution in [0, 0.1) is 12.7 Å². The lowest BCUT2D eigenvalue weighted by Crippen LogP contribution is -2.41. The zero-order chi connectivity index (χ0) is 14.9. The Hall–Kier alpha value is -0.630. The molecule has 1 unspecified atom stereocenters. The maximum absolute atomic E-state index is 13.8. The van der Waals surface area contributed by atoms with Crippen molar-refractivity contribution >= 4 is 21.8 Å². The van der Waals surface area contributed by atoms with Gasteiger partial charge < -0.3 is 5.73 Å². The number of nitrogens with zero attached hydrogens (tertiary/aromatic N) is 1. The molecule has 0 aromatic heterocycles. The Morgan fingerprint density at radius 2 is 2.20 bits per heavy atom. The molecule has 1 fully saturated rings. The third-order valence-electron chi connectivity index (χ3n) is 3.36. The van der Waals surface area contributed by atoms with E-state index in [0.717, 1.165) is 5.75 Å². The molecule has 20 heavy (non-hydrogen) atoms. The minimum Gasteiger partial charge on any atom is -0.326 e. The van der Waals surface area contributed by atoms with Gasteiger partial charge in [-0.3, -0.25) is 0 Å². The average molecular weight is 318 g/mol. The summed E-state index contributed by atoms with van der Waals surface area (Å²) in [6.45, 7) is 4.53. The average Bonchev–Trinajstić information content (AvgIpc) is 2.41.